The maximum Gasteiger partial charge on any atom is 0.191 e. The lowest BCUT2D eigenvalue weighted by atomic mass is 10.1. The summed E-state index contributed by atoms with van der Waals surface area (Å²) >= 11 is 1.69. The third kappa shape index (κ3) is 5.94. The van der Waals surface area contributed by atoms with Crippen molar-refractivity contribution < 1.29 is 4.74 Å². The number of rotatable bonds is 8. The van der Waals surface area contributed by atoms with Gasteiger partial charge in [-0.3, -0.25) is 4.99 Å². The molecule has 0 spiro atoms. The Morgan fingerprint density at radius 3 is 2.71 bits per heavy atom. The molecule has 0 aliphatic carbocycles. The van der Waals surface area contributed by atoms with Gasteiger partial charge < -0.3 is 15.4 Å². The van der Waals surface area contributed by atoms with Gasteiger partial charge in [-0.1, -0.05) is 24.3 Å². The van der Waals surface area contributed by atoms with Crippen LogP contribution in [0.2, 0.25) is 0 Å². The van der Waals surface area contributed by atoms with Gasteiger partial charge in [0.15, 0.2) is 5.96 Å². The molecular weight excluding hydrogens is 320 g/mol. The van der Waals surface area contributed by atoms with Gasteiger partial charge in [0.2, 0.25) is 0 Å². The molecule has 2 rings (SSSR count). The van der Waals surface area contributed by atoms with E-state index in [1.165, 1.54) is 11.1 Å². The minimum Gasteiger partial charge on any atom is -0.377 e. The molecule has 0 saturated carbocycles. The van der Waals surface area contributed by atoms with Gasteiger partial charge in [-0.2, -0.15) is 0 Å². The van der Waals surface area contributed by atoms with Crippen molar-refractivity contribution in [3.05, 3.63) is 51.5 Å². The molecule has 0 saturated heterocycles. The normalized spacial score (nSPS) is 11.5. The number of ether oxygens (including phenoxy) is 1. The summed E-state index contributed by atoms with van der Waals surface area (Å²) < 4.78 is 5.53. The summed E-state index contributed by atoms with van der Waals surface area (Å²) in [5.74, 6) is 0.799. The van der Waals surface area contributed by atoms with Crippen LogP contribution in [0.5, 0.6) is 0 Å². The molecule has 0 atom stereocenters. The summed E-state index contributed by atoms with van der Waals surface area (Å²) in [5, 5.41) is 9.91. The maximum atomic E-state index is 5.53. The second kappa shape index (κ2) is 10.1. The first-order valence-corrected chi connectivity index (χ1v) is 9.11. The molecule has 0 unspecified atom stereocenters. The van der Waals surface area contributed by atoms with E-state index in [2.05, 4.69) is 38.1 Å². The van der Waals surface area contributed by atoms with Gasteiger partial charge in [0.25, 0.3) is 0 Å². The van der Waals surface area contributed by atoms with Crippen LogP contribution in [0.15, 0.2) is 34.6 Å². The number of aryl methyl sites for hydroxylation is 1. The third-order valence-corrected chi connectivity index (χ3v) is 4.41. The Bertz CT molecular complexity index is 654. The van der Waals surface area contributed by atoms with E-state index in [0.29, 0.717) is 6.61 Å². The molecule has 0 aliphatic heterocycles. The van der Waals surface area contributed by atoms with Crippen LogP contribution in [-0.4, -0.2) is 31.1 Å². The zero-order chi connectivity index (χ0) is 17.2. The summed E-state index contributed by atoms with van der Waals surface area (Å²) in [4.78, 5) is 8.75. The molecule has 1 heterocycles. The van der Waals surface area contributed by atoms with Gasteiger partial charge in [0.05, 0.1) is 17.3 Å². The predicted molar refractivity (Wildman–Crippen MR) is 101 cm³/mol. The van der Waals surface area contributed by atoms with Crippen molar-refractivity contribution in [3.63, 3.8) is 0 Å². The van der Waals surface area contributed by atoms with Crippen LogP contribution < -0.4 is 10.6 Å². The molecule has 2 aromatic rings. The molecule has 0 radical (unpaired) electrons. The van der Waals surface area contributed by atoms with Crippen LogP contribution in [0.25, 0.3) is 0 Å². The monoisotopic (exact) mass is 346 g/mol. The average Bonchev–Trinajstić information content (AvgIpc) is 3.02. The zero-order valence-electron chi connectivity index (χ0n) is 14.6. The van der Waals surface area contributed by atoms with E-state index < -0.39 is 0 Å². The molecule has 24 heavy (non-hydrogen) atoms. The van der Waals surface area contributed by atoms with Gasteiger partial charge in [-0.15, -0.1) is 11.3 Å². The maximum absolute atomic E-state index is 5.53. The fraction of sp³-hybridized carbons (Fsp3) is 0.444. The van der Waals surface area contributed by atoms with Gasteiger partial charge in [-0.05, 0) is 25.0 Å². The van der Waals surface area contributed by atoms with Crippen LogP contribution >= 0.6 is 11.3 Å². The minimum atomic E-state index is 0.642. The van der Waals surface area contributed by atoms with E-state index in [1.807, 2.05) is 26.0 Å². The molecule has 0 aliphatic rings. The summed E-state index contributed by atoms with van der Waals surface area (Å²) in [6, 6.07) is 8.31. The molecule has 130 valence electrons. The molecular formula is C18H26N4OS. The van der Waals surface area contributed by atoms with Crippen molar-refractivity contribution in [2.24, 2.45) is 4.99 Å². The Kier molecular flexibility index (Phi) is 7.71. The lowest BCUT2D eigenvalue weighted by Gasteiger charge is -2.14. The molecule has 2 N–H and O–H groups in total. The highest BCUT2D eigenvalue weighted by molar-refractivity contribution is 7.09. The number of aromatic nitrogens is 1. The molecule has 0 bridgehead atoms. The predicted octanol–water partition coefficient (Wildman–Crippen LogP) is 2.90. The Morgan fingerprint density at radius 2 is 2.04 bits per heavy atom. The highest BCUT2D eigenvalue weighted by atomic mass is 32.1. The number of nitrogens with zero attached hydrogens (tertiary/aromatic N) is 2. The van der Waals surface area contributed by atoms with Gasteiger partial charge in [-0.25, -0.2) is 4.98 Å². The molecule has 5 nitrogen and oxygen atoms in total. The van der Waals surface area contributed by atoms with E-state index in [4.69, 9.17) is 4.74 Å². The van der Waals surface area contributed by atoms with Crippen LogP contribution in [-0.2, 0) is 24.3 Å². The number of guanidine groups is 1. The van der Waals surface area contributed by atoms with Crippen LogP contribution in [0.3, 0.4) is 0 Å². The number of aliphatic imine (C=N–C) groups is 1. The first kappa shape index (κ1) is 18.4. The SMILES string of the molecule is CCOCc1ccccc1CNC(=NC)NCCc1csc(C)n1. The molecule has 1 aromatic carbocycles. The van der Waals surface area contributed by atoms with E-state index >= 15 is 0 Å². The van der Waals surface area contributed by atoms with E-state index in [1.54, 1.807) is 18.4 Å². The van der Waals surface area contributed by atoms with Crippen LogP contribution in [0, 0.1) is 6.92 Å². The Morgan fingerprint density at radius 1 is 1.25 bits per heavy atom. The number of thiazole rings is 1. The number of nitrogens with one attached hydrogen (secondary N) is 2. The van der Waals surface area contributed by atoms with E-state index in [0.717, 1.165) is 42.8 Å². The minimum absolute atomic E-state index is 0.642. The quantitative estimate of drug-likeness (QED) is 0.570. The van der Waals surface area contributed by atoms with Gasteiger partial charge >= 0.3 is 0 Å². The second-order valence-corrected chi connectivity index (χ2v) is 6.43. The number of hydrogen-bond acceptors (Lipinski definition) is 4. The Balaban J connectivity index is 1.81. The van der Waals surface area contributed by atoms with Crippen molar-refractivity contribution in [2.45, 2.75) is 33.4 Å². The van der Waals surface area contributed by atoms with Crippen molar-refractivity contribution in [1.82, 2.24) is 15.6 Å². The first-order valence-electron chi connectivity index (χ1n) is 8.23. The van der Waals surface area contributed by atoms with Crippen molar-refractivity contribution >= 4 is 17.3 Å². The standard InChI is InChI=1S/C18H26N4OS/c1-4-23-12-16-8-6-5-7-15(16)11-21-18(19-3)20-10-9-17-13-24-14(2)22-17/h5-8,13H,4,9-12H2,1-3H3,(H2,19,20,21). The van der Waals surface area contributed by atoms with Crippen LogP contribution in [0.1, 0.15) is 28.8 Å². The third-order valence-electron chi connectivity index (χ3n) is 3.59. The summed E-state index contributed by atoms with van der Waals surface area (Å²) in [6.07, 6.45) is 0.895. The van der Waals surface area contributed by atoms with Gasteiger partial charge in [0.1, 0.15) is 0 Å². The van der Waals surface area contributed by atoms with Crippen molar-refractivity contribution in [1.29, 1.82) is 0 Å². The first-order chi connectivity index (χ1) is 11.7. The summed E-state index contributed by atoms with van der Waals surface area (Å²) in [6.45, 7) is 6.94. The molecule has 1 aromatic heterocycles. The smallest absolute Gasteiger partial charge is 0.191 e. The molecule has 6 heteroatoms. The average molecular weight is 347 g/mol. The van der Waals surface area contributed by atoms with E-state index in [-0.39, 0.29) is 0 Å². The lowest BCUT2D eigenvalue weighted by molar-refractivity contribution is 0.133. The number of hydrogen-bond donors (Lipinski definition) is 2. The Labute approximate surface area is 148 Å². The summed E-state index contributed by atoms with van der Waals surface area (Å²) in [7, 11) is 1.79. The van der Waals surface area contributed by atoms with Crippen molar-refractivity contribution in [2.75, 3.05) is 20.2 Å². The van der Waals surface area contributed by atoms with Crippen LogP contribution in [0.4, 0.5) is 0 Å². The van der Waals surface area contributed by atoms with E-state index in [9.17, 15) is 0 Å². The Hall–Kier alpha value is -1.92. The lowest BCUT2D eigenvalue weighted by Crippen LogP contribution is -2.38. The second-order valence-electron chi connectivity index (χ2n) is 5.37. The fourth-order valence-electron chi connectivity index (χ4n) is 2.31. The summed E-state index contributed by atoms with van der Waals surface area (Å²) in [5.41, 5.74) is 3.56. The fourth-order valence-corrected chi connectivity index (χ4v) is 2.96. The highest BCUT2D eigenvalue weighted by Crippen LogP contribution is 2.10. The topological polar surface area (TPSA) is 58.5 Å². The zero-order valence-corrected chi connectivity index (χ0v) is 15.4. The highest BCUT2D eigenvalue weighted by Gasteiger charge is 2.04. The molecule has 0 fully saturated rings. The van der Waals surface area contributed by atoms with Crippen molar-refractivity contribution in [3.8, 4) is 0 Å². The largest absolute Gasteiger partial charge is 0.377 e. The van der Waals surface area contributed by atoms with Gasteiger partial charge in [0, 0.05) is 38.5 Å². The number of benzene rings is 1. The molecule has 0 amide bonds.